The summed E-state index contributed by atoms with van der Waals surface area (Å²) in [6, 6.07) is 3.03. The Morgan fingerprint density at radius 1 is 1.67 bits per heavy atom. The minimum atomic E-state index is -1.03. The molecule has 5 nitrogen and oxygen atoms in total. The number of anilines is 1. The molecule has 0 aliphatic heterocycles. The van der Waals surface area contributed by atoms with Crippen LogP contribution in [0.15, 0.2) is 18.3 Å². The molecule has 1 unspecified atom stereocenters. The van der Waals surface area contributed by atoms with E-state index in [1.165, 1.54) is 12.3 Å². The second-order valence-electron chi connectivity index (χ2n) is 3.15. The van der Waals surface area contributed by atoms with Crippen LogP contribution in [0.1, 0.15) is 23.7 Å². The third-order valence-corrected chi connectivity index (χ3v) is 2.01. The van der Waals surface area contributed by atoms with Gasteiger partial charge in [0.05, 0.1) is 6.10 Å². The first-order valence-electron chi connectivity index (χ1n) is 4.75. The first-order chi connectivity index (χ1) is 7.15. The predicted molar refractivity (Wildman–Crippen MR) is 56.0 cm³/mol. The van der Waals surface area contributed by atoms with Gasteiger partial charge in [-0.1, -0.05) is 6.92 Å². The van der Waals surface area contributed by atoms with Gasteiger partial charge in [0.2, 0.25) is 0 Å². The molecule has 1 aromatic rings. The molecule has 3 N–H and O–H groups in total. The van der Waals surface area contributed by atoms with Gasteiger partial charge in [-0.05, 0) is 18.6 Å². The molecule has 1 heterocycles. The highest BCUT2D eigenvalue weighted by molar-refractivity contribution is 5.92. The molecule has 0 saturated carbocycles. The lowest BCUT2D eigenvalue weighted by molar-refractivity contribution is 0.0697. The Hall–Kier alpha value is -1.62. The lowest BCUT2D eigenvalue weighted by Gasteiger charge is -2.11. The molecule has 0 bridgehead atoms. The molecule has 0 aromatic carbocycles. The number of nitrogens with one attached hydrogen (secondary N) is 1. The maximum Gasteiger partial charge on any atom is 0.339 e. The van der Waals surface area contributed by atoms with E-state index in [9.17, 15) is 9.90 Å². The number of aliphatic hydroxyl groups is 1. The molecule has 1 aromatic heterocycles. The van der Waals surface area contributed by atoms with Gasteiger partial charge >= 0.3 is 5.97 Å². The fourth-order valence-electron chi connectivity index (χ4n) is 1.08. The molecule has 82 valence electrons. The van der Waals surface area contributed by atoms with Crippen LogP contribution in [0.2, 0.25) is 0 Å². The van der Waals surface area contributed by atoms with E-state index >= 15 is 0 Å². The summed E-state index contributed by atoms with van der Waals surface area (Å²) in [6.07, 6.45) is 1.63. The number of carbonyl (C=O) groups is 1. The number of hydrogen-bond donors (Lipinski definition) is 3. The number of carboxylic acid groups (broad SMARTS) is 1. The van der Waals surface area contributed by atoms with E-state index in [-0.39, 0.29) is 11.4 Å². The summed E-state index contributed by atoms with van der Waals surface area (Å²) in [5.74, 6) is -0.742. The van der Waals surface area contributed by atoms with Crippen LogP contribution in [0, 0.1) is 0 Å². The molecule has 1 rings (SSSR count). The number of rotatable bonds is 5. The lowest BCUT2D eigenvalue weighted by Crippen LogP contribution is -2.20. The van der Waals surface area contributed by atoms with Crippen LogP contribution in [0.5, 0.6) is 0 Å². The predicted octanol–water partition coefficient (Wildman–Crippen LogP) is 0.963. The van der Waals surface area contributed by atoms with Crippen molar-refractivity contribution in [3.8, 4) is 0 Å². The van der Waals surface area contributed by atoms with Crippen LogP contribution >= 0.6 is 0 Å². The average Bonchev–Trinajstić information content (AvgIpc) is 2.26. The van der Waals surface area contributed by atoms with E-state index in [1.807, 2.05) is 6.92 Å². The van der Waals surface area contributed by atoms with Gasteiger partial charge in [-0.15, -0.1) is 0 Å². The number of aliphatic hydroxyl groups excluding tert-OH is 1. The van der Waals surface area contributed by atoms with E-state index < -0.39 is 12.1 Å². The first-order valence-corrected chi connectivity index (χ1v) is 4.75. The standard InChI is InChI=1S/C10H14N2O3/c1-2-7(13)6-12-9-8(10(14)15)4-3-5-11-9/h3-5,7,13H,2,6H2,1H3,(H,11,12)(H,14,15). The fourth-order valence-corrected chi connectivity index (χ4v) is 1.08. The van der Waals surface area contributed by atoms with Crippen molar-refractivity contribution in [2.24, 2.45) is 0 Å². The molecule has 0 saturated heterocycles. The lowest BCUT2D eigenvalue weighted by atomic mass is 10.2. The van der Waals surface area contributed by atoms with Crippen molar-refractivity contribution < 1.29 is 15.0 Å². The summed E-state index contributed by atoms with van der Waals surface area (Å²) in [5, 5.41) is 21.0. The Morgan fingerprint density at radius 2 is 2.40 bits per heavy atom. The maximum atomic E-state index is 10.8. The SMILES string of the molecule is CCC(O)CNc1ncccc1C(=O)O. The summed E-state index contributed by atoms with van der Waals surface area (Å²) in [4.78, 5) is 14.7. The zero-order valence-corrected chi connectivity index (χ0v) is 8.47. The Balaban J connectivity index is 2.72. The smallest absolute Gasteiger partial charge is 0.339 e. The molecular formula is C10H14N2O3. The third kappa shape index (κ3) is 3.21. The van der Waals surface area contributed by atoms with Crippen LogP contribution in [0.4, 0.5) is 5.82 Å². The van der Waals surface area contributed by atoms with Crippen molar-refractivity contribution >= 4 is 11.8 Å². The maximum absolute atomic E-state index is 10.8. The van der Waals surface area contributed by atoms with Gasteiger partial charge in [-0.2, -0.15) is 0 Å². The molecule has 0 amide bonds. The van der Waals surface area contributed by atoms with Gasteiger partial charge in [-0.25, -0.2) is 9.78 Å². The van der Waals surface area contributed by atoms with Gasteiger partial charge in [0.15, 0.2) is 0 Å². The molecule has 0 aliphatic rings. The summed E-state index contributed by atoms with van der Waals surface area (Å²) in [5.41, 5.74) is 0.112. The van der Waals surface area contributed by atoms with Crippen molar-refractivity contribution in [1.82, 2.24) is 4.98 Å². The monoisotopic (exact) mass is 210 g/mol. The highest BCUT2D eigenvalue weighted by Crippen LogP contribution is 2.11. The Labute approximate surface area is 87.8 Å². The Morgan fingerprint density at radius 3 is 3.00 bits per heavy atom. The van der Waals surface area contributed by atoms with Crippen LogP contribution in [0.3, 0.4) is 0 Å². The van der Waals surface area contributed by atoms with Crippen LogP contribution in [-0.2, 0) is 0 Å². The second-order valence-corrected chi connectivity index (χ2v) is 3.15. The summed E-state index contributed by atoms with van der Waals surface area (Å²) < 4.78 is 0. The first kappa shape index (κ1) is 11.5. The van der Waals surface area contributed by atoms with E-state index in [4.69, 9.17) is 5.11 Å². The fraction of sp³-hybridized carbons (Fsp3) is 0.400. The minimum Gasteiger partial charge on any atom is -0.478 e. The quantitative estimate of drug-likeness (QED) is 0.674. The number of pyridine rings is 1. The molecule has 0 aliphatic carbocycles. The van der Waals surface area contributed by atoms with Crippen LogP contribution in [-0.4, -0.2) is 33.8 Å². The number of aromatic carboxylic acids is 1. The van der Waals surface area contributed by atoms with Gasteiger partial charge in [0, 0.05) is 12.7 Å². The zero-order chi connectivity index (χ0) is 11.3. The summed E-state index contributed by atoms with van der Waals surface area (Å²) in [6.45, 7) is 2.15. The number of carboxylic acids is 1. The van der Waals surface area contributed by atoms with E-state index in [0.29, 0.717) is 13.0 Å². The molecule has 0 spiro atoms. The molecule has 0 radical (unpaired) electrons. The van der Waals surface area contributed by atoms with Crippen LogP contribution in [0.25, 0.3) is 0 Å². The van der Waals surface area contributed by atoms with Gasteiger partial charge in [0.25, 0.3) is 0 Å². The normalized spacial score (nSPS) is 12.1. The molecular weight excluding hydrogens is 196 g/mol. The number of hydrogen-bond acceptors (Lipinski definition) is 4. The van der Waals surface area contributed by atoms with Crippen molar-refractivity contribution in [3.63, 3.8) is 0 Å². The highest BCUT2D eigenvalue weighted by atomic mass is 16.4. The van der Waals surface area contributed by atoms with Gasteiger partial charge in [0.1, 0.15) is 11.4 Å². The van der Waals surface area contributed by atoms with Crippen molar-refractivity contribution in [2.45, 2.75) is 19.4 Å². The molecule has 0 fully saturated rings. The number of aromatic nitrogens is 1. The molecule has 1 atom stereocenters. The molecule has 5 heteroatoms. The van der Waals surface area contributed by atoms with Crippen molar-refractivity contribution in [1.29, 1.82) is 0 Å². The van der Waals surface area contributed by atoms with E-state index in [1.54, 1.807) is 6.07 Å². The van der Waals surface area contributed by atoms with Gasteiger partial charge in [-0.3, -0.25) is 0 Å². The number of nitrogens with zero attached hydrogens (tertiary/aromatic N) is 1. The largest absolute Gasteiger partial charge is 0.478 e. The van der Waals surface area contributed by atoms with Crippen molar-refractivity contribution in [3.05, 3.63) is 23.9 Å². The summed E-state index contributed by atoms with van der Waals surface area (Å²) >= 11 is 0. The second kappa shape index (κ2) is 5.31. The average molecular weight is 210 g/mol. The zero-order valence-electron chi connectivity index (χ0n) is 8.47. The Bertz CT molecular complexity index is 341. The minimum absolute atomic E-state index is 0.112. The topological polar surface area (TPSA) is 82.5 Å². The third-order valence-electron chi connectivity index (χ3n) is 2.01. The Kier molecular flexibility index (Phi) is 4.05. The van der Waals surface area contributed by atoms with Gasteiger partial charge < -0.3 is 15.5 Å². The van der Waals surface area contributed by atoms with E-state index in [2.05, 4.69) is 10.3 Å². The van der Waals surface area contributed by atoms with E-state index in [0.717, 1.165) is 0 Å². The van der Waals surface area contributed by atoms with Crippen molar-refractivity contribution in [2.75, 3.05) is 11.9 Å². The molecule has 15 heavy (non-hydrogen) atoms. The van der Waals surface area contributed by atoms with Crippen LogP contribution < -0.4 is 5.32 Å². The summed E-state index contributed by atoms with van der Waals surface area (Å²) in [7, 11) is 0. The highest BCUT2D eigenvalue weighted by Gasteiger charge is 2.10.